The zero-order valence-corrected chi connectivity index (χ0v) is 11.3. The van der Waals surface area contributed by atoms with E-state index in [0.29, 0.717) is 18.5 Å². The molecule has 0 bridgehead atoms. The van der Waals surface area contributed by atoms with E-state index in [9.17, 15) is 9.59 Å². The summed E-state index contributed by atoms with van der Waals surface area (Å²) in [4.78, 5) is 25.2. The second-order valence-corrected chi connectivity index (χ2v) is 5.30. The van der Waals surface area contributed by atoms with Crippen molar-refractivity contribution in [3.63, 3.8) is 0 Å². The Morgan fingerprint density at radius 1 is 1.35 bits per heavy atom. The average molecular weight is 296 g/mol. The highest BCUT2D eigenvalue weighted by molar-refractivity contribution is 9.10. The summed E-state index contributed by atoms with van der Waals surface area (Å²) in [5.41, 5.74) is 1.68. The number of nitrogens with zero attached hydrogens (tertiary/aromatic N) is 1. The van der Waals surface area contributed by atoms with E-state index >= 15 is 0 Å². The van der Waals surface area contributed by atoms with Crippen molar-refractivity contribution in [3.8, 4) is 0 Å². The Morgan fingerprint density at radius 2 is 2.12 bits per heavy atom. The largest absolute Gasteiger partial charge is 0.331 e. The molecular weight excluding hydrogens is 282 g/mol. The van der Waals surface area contributed by atoms with Crippen molar-refractivity contribution in [2.45, 2.75) is 19.8 Å². The van der Waals surface area contributed by atoms with Gasteiger partial charge in [-0.05, 0) is 37.1 Å². The van der Waals surface area contributed by atoms with Crippen LogP contribution in [-0.4, -0.2) is 29.7 Å². The van der Waals surface area contributed by atoms with E-state index < -0.39 is 0 Å². The summed E-state index contributed by atoms with van der Waals surface area (Å²) in [7, 11) is 0. The van der Waals surface area contributed by atoms with E-state index in [1.807, 2.05) is 19.1 Å². The quantitative estimate of drug-likeness (QED) is 0.798. The second kappa shape index (κ2) is 5.00. The molecule has 1 heterocycles. The maximum atomic E-state index is 12.2. The van der Waals surface area contributed by atoms with Gasteiger partial charge in [0.1, 0.15) is 0 Å². The number of benzene rings is 1. The summed E-state index contributed by atoms with van der Waals surface area (Å²) in [5, 5.41) is 0. The van der Waals surface area contributed by atoms with Crippen LogP contribution < -0.4 is 0 Å². The van der Waals surface area contributed by atoms with Gasteiger partial charge in [-0.15, -0.1) is 0 Å². The highest BCUT2D eigenvalue weighted by atomic mass is 79.9. The third kappa shape index (κ3) is 2.94. The molecule has 90 valence electrons. The molecule has 1 aliphatic rings. The number of carbonyl (C=O) groups excluding carboxylic acids is 2. The van der Waals surface area contributed by atoms with Crippen LogP contribution in [0.3, 0.4) is 0 Å². The van der Waals surface area contributed by atoms with Crippen molar-refractivity contribution in [2.75, 3.05) is 13.1 Å². The zero-order chi connectivity index (χ0) is 12.4. The maximum absolute atomic E-state index is 12.2. The Kier molecular flexibility index (Phi) is 3.62. The highest BCUT2D eigenvalue weighted by Gasteiger charge is 2.22. The van der Waals surface area contributed by atoms with Gasteiger partial charge >= 0.3 is 0 Å². The van der Waals surface area contributed by atoms with Gasteiger partial charge in [-0.25, -0.2) is 0 Å². The van der Waals surface area contributed by atoms with Gasteiger partial charge in [0.05, 0.1) is 6.54 Å². The molecule has 0 saturated carbocycles. The smallest absolute Gasteiger partial charge is 0.254 e. The molecule has 0 aliphatic carbocycles. The minimum Gasteiger partial charge on any atom is -0.331 e. The molecule has 0 radical (unpaired) electrons. The molecule has 1 fully saturated rings. The minimum atomic E-state index is -0.0533. The fraction of sp³-hybridized carbons (Fsp3) is 0.385. The third-order valence-corrected chi connectivity index (χ3v) is 3.28. The van der Waals surface area contributed by atoms with Gasteiger partial charge in [0.25, 0.3) is 5.91 Å². The molecular formula is C13H14BrNO2. The first kappa shape index (κ1) is 12.3. The number of aryl methyl sites for hydroxylation is 1. The molecule has 1 aromatic carbocycles. The fourth-order valence-corrected chi connectivity index (χ4v) is 2.66. The number of amides is 1. The molecule has 1 saturated heterocycles. The summed E-state index contributed by atoms with van der Waals surface area (Å²) >= 11 is 3.38. The third-order valence-electron chi connectivity index (χ3n) is 2.83. The number of carbonyl (C=O) groups is 2. The lowest BCUT2D eigenvalue weighted by atomic mass is 10.1. The Balaban J connectivity index is 2.21. The second-order valence-electron chi connectivity index (χ2n) is 4.39. The first-order chi connectivity index (χ1) is 8.06. The number of hydrogen-bond donors (Lipinski definition) is 0. The first-order valence-electron chi connectivity index (χ1n) is 5.64. The van der Waals surface area contributed by atoms with E-state index in [4.69, 9.17) is 0 Å². The summed E-state index contributed by atoms with van der Waals surface area (Å²) in [6, 6.07) is 5.61. The normalized spacial score (nSPS) is 16.1. The van der Waals surface area contributed by atoms with Crippen LogP contribution >= 0.6 is 15.9 Å². The summed E-state index contributed by atoms with van der Waals surface area (Å²) in [6.45, 7) is 2.88. The Morgan fingerprint density at radius 3 is 2.76 bits per heavy atom. The molecule has 4 heteroatoms. The predicted molar refractivity (Wildman–Crippen MR) is 69.0 cm³/mol. The van der Waals surface area contributed by atoms with E-state index in [1.54, 1.807) is 11.0 Å². The number of hydrogen-bond acceptors (Lipinski definition) is 2. The van der Waals surface area contributed by atoms with Crippen LogP contribution in [-0.2, 0) is 4.79 Å². The lowest BCUT2D eigenvalue weighted by molar-refractivity contribution is -0.121. The molecule has 0 spiro atoms. The number of rotatable bonds is 1. The molecule has 3 nitrogen and oxygen atoms in total. The summed E-state index contributed by atoms with van der Waals surface area (Å²) < 4.78 is 0.893. The zero-order valence-electron chi connectivity index (χ0n) is 9.70. The van der Waals surface area contributed by atoms with Gasteiger partial charge in [-0.3, -0.25) is 9.59 Å². The van der Waals surface area contributed by atoms with Crippen LogP contribution in [0.4, 0.5) is 0 Å². The van der Waals surface area contributed by atoms with Crippen molar-refractivity contribution >= 4 is 27.6 Å². The van der Waals surface area contributed by atoms with Gasteiger partial charge in [0.2, 0.25) is 0 Å². The van der Waals surface area contributed by atoms with Crippen LogP contribution in [0.1, 0.15) is 28.8 Å². The van der Waals surface area contributed by atoms with E-state index in [0.717, 1.165) is 16.5 Å². The molecule has 0 N–H and O–H groups in total. The lowest BCUT2D eigenvalue weighted by Crippen LogP contribution is -2.40. The van der Waals surface area contributed by atoms with Gasteiger partial charge < -0.3 is 4.90 Å². The Hall–Kier alpha value is -1.16. The molecule has 0 atom stereocenters. The number of ketones is 1. The predicted octanol–water partition coefficient (Wildman–Crippen LogP) is 2.56. The maximum Gasteiger partial charge on any atom is 0.254 e. The molecule has 17 heavy (non-hydrogen) atoms. The highest BCUT2D eigenvalue weighted by Crippen LogP contribution is 2.18. The number of piperidine rings is 1. The molecule has 0 unspecified atom stereocenters. The van der Waals surface area contributed by atoms with Crippen LogP contribution in [0, 0.1) is 6.92 Å². The molecule has 1 aliphatic heterocycles. The monoisotopic (exact) mass is 295 g/mol. The first-order valence-corrected chi connectivity index (χ1v) is 6.44. The van der Waals surface area contributed by atoms with Crippen LogP contribution in [0.5, 0.6) is 0 Å². The van der Waals surface area contributed by atoms with E-state index in [2.05, 4.69) is 15.9 Å². The lowest BCUT2D eigenvalue weighted by Gasteiger charge is -2.26. The number of halogens is 1. The fourth-order valence-electron chi connectivity index (χ4n) is 2.05. The van der Waals surface area contributed by atoms with Crippen molar-refractivity contribution in [2.24, 2.45) is 0 Å². The summed E-state index contributed by atoms with van der Waals surface area (Å²) in [5.74, 6) is 0.0961. The molecule has 0 aromatic heterocycles. The van der Waals surface area contributed by atoms with Crippen LogP contribution in [0.2, 0.25) is 0 Å². The molecule has 1 amide bonds. The number of Topliss-reactive ketones (excluding diaryl/α,β-unsaturated/α-hetero) is 1. The van der Waals surface area contributed by atoms with Crippen molar-refractivity contribution in [1.82, 2.24) is 4.90 Å². The minimum absolute atomic E-state index is 0.0533. The molecule has 1 aromatic rings. The Labute approximate surface area is 109 Å². The van der Waals surface area contributed by atoms with Gasteiger partial charge in [-0.1, -0.05) is 15.9 Å². The topological polar surface area (TPSA) is 37.4 Å². The van der Waals surface area contributed by atoms with Gasteiger partial charge in [-0.2, -0.15) is 0 Å². The van der Waals surface area contributed by atoms with Gasteiger partial charge in [0, 0.05) is 23.0 Å². The van der Waals surface area contributed by atoms with Gasteiger partial charge in [0.15, 0.2) is 5.78 Å². The van der Waals surface area contributed by atoms with Crippen LogP contribution in [0.15, 0.2) is 22.7 Å². The van der Waals surface area contributed by atoms with E-state index in [1.165, 1.54) is 0 Å². The SMILES string of the molecule is Cc1cc(Br)cc(C(=O)N2CCCC(=O)C2)c1. The standard InChI is InChI=1S/C13H14BrNO2/c1-9-5-10(7-11(14)6-9)13(17)15-4-2-3-12(16)8-15/h5-7H,2-4,8H2,1H3. The van der Waals surface area contributed by atoms with Crippen molar-refractivity contribution in [1.29, 1.82) is 0 Å². The number of likely N-dealkylation sites (tertiary alicyclic amines) is 1. The Bertz CT molecular complexity index is 450. The summed E-state index contributed by atoms with van der Waals surface area (Å²) in [6.07, 6.45) is 1.37. The van der Waals surface area contributed by atoms with Crippen molar-refractivity contribution in [3.05, 3.63) is 33.8 Å². The average Bonchev–Trinajstić information content (AvgIpc) is 2.26. The van der Waals surface area contributed by atoms with Crippen molar-refractivity contribution < 1.29 is 9.59 Å². The van der Waals surface area contributed by atoms with E-state index in [-0.39, 0.29) is 18.2 Å². The molecule has 2 rings (SSSR count). The van der Waals surface area contributed by atoms with Crippen LogP contribution in [0.25, 0.3) is 0 Å².